The van der Waals surface area contributed by atoms with E-state index in [4.69, 9.17) is 9.47 Å². The highest BCUT2D eigenvalue weighted by Crippen LogP contribution is 2.32. The summed E-state index contributed by atoms with van der Waals surface area (Å²) in [4.78, 5) is 8.63. The summed E-state index contributed by atoms with van der Waals surface area (Å²) in [6.45, 7) is 2.15. The molecule has 3 heterocycles. The van der Waals surface area contributed by atoms with Crippen LogP contribution in [-0.4, -0.2) is 32.7 Å². The SMILES string of the molecule is C/C(=N\Nc1nc(SCc2ccccn2)n[nH]1)c1ccc2c(c1)OCO2. The molecule has 0 spiro atoms. The smallest absolute Gasteiger partial charge is 0.240 e. The lowest BCUT2D eigenvalue weighted by molar-refractivity contribution is 0.174. The van der Waals surface area contributed by atoms with Crippen molar-refractivity contribution in [2.75, 3.05) is 12.2 Å². The number of anilines is 1. The van der Waals surface area contributed by atoms with Gasteiger partial charge in [-0.2, -0.15) is 10.1 Å². The van der Waals surface area contributed by atoms with Gasteiger partial charge >= 0.3 is 0 Å². The number of hydrogen-bond acceptors (Lipinski definition) is 8. The molecular formula is C17H16N6O2S. The quantitative estimate of drug-likeness (QED) is 0.392. The van der Waals surface area contributed by atoms with Crippen molar-refractivity contribution in [2.24, 2.45) is 5.10 Å². The lowest BCUT2D eigenvalue weighted by Crippen LogP contribution is -2.00. The minimum Gasteiger partial charge on any atom is -0.454 e. The summed E-state index contributed by atoms with van der Waals surface area (Å²) >= 11 is 1.50. The average molecular weight is 368 g/mol. The standard InChI is InChI=1S/C17H16N6O2S/c1-11(12-5-6-14-15(8-12)25-10-24-14)20-21-16-19-17(23-22-16)26-9-13-4-2-3-7-18-13/h2-8H,9-10H2,1H3,(H2,19,21,22,23)/b20-11+. The molecule has 9 heteroatoms. The molecule has 1 aliphatic heterocycles. The van der Waals surface area contributed by atoms with E-state index in [0.717, 1.165) is 28.5 Å². The van der Waals surface area contributed by atoms with Crippen LogP contribution in [0.15, 0.2) is 52.9 Å². The fourth-order valence-corrected chi connectivity index (χ4v) is 3.02. The Hall–Kier alpha value is -3.07. The van der Waals surface area contributed by atoms with E-state index < -0.39 is 0 Å². The van der Waals surface area contributed by atoms with Crippen LogP contribution in [0.25, 0.3) is 0 Å². The first kappa shape index (κ1) is 16.4. The number of nitrogens with zero attached hydrogens (tertiary/aromatic N) is 4. The van der Waals surface area contributed by atoms with Crippen LogP contribution >= 0.6 is 11.8 Å². The summed E-state index contributed by atoms with van der Waals surface area (Å²) in [5, 5.41) is 12.0. The van der Waals surface area contributed by atoms with Gasteiger partial charge in [0.1, 0.15) is 0 Å². The second-order valence-electron chi connectivity index (χ2n) is 5.45. The maximum absolute atomic E-state index is 5.38. The monoisotopic (exact) mass is 368 g/mol. The molecule has 0 saturated carbocycles. The Kier molecular flexibility index (Phi) is 4.69. The van der Waals surface area contributed by atoms with Gasteiger partial charge in [0.15, 0.2) is 11.5 Å². The highest BCUT2D eigenvalue weighted by Gasteiger charge is 2.14. The number of benzene rings is 1. The molecule has 3 aromatic rings. The van der Waals surface area contributed by atoms with Gasteiger partial charge in [-0.05, 0) is 37.3 Å². The summed E-state index contributed by atoms with van der Waals surface area (Å²) in [5.74, 6) is 2.66. The number of aromatic nitrogens is 4. The number of hydrazone groups is 1. The number of rotatable bonds is 6. The molecule has 1 aromatic carbocycles. The van der Waals surface area contributed by atoms with E-state index in [2.05, 4.69) is 30.7 Å². The third-order valence-electron chi connectivity index (χ3n) is 3.66. The Labute approximate surface area is 154 Å². The van der Waals surface area contributed by atoms with Crippen LogP contribution in [0.4, 0.5) is 5.95 Å². The number of fused-ring (bicyclic) bond motifs is 1. The van der Waals surface area contributed by atoms with Crippen molar-refractivity contribution >= 4 is 23.4 Å². The molecule has 0 radical (unpaired) electrons. The van der Waals surface area contributed by atoms with Crippen molar-refractivity contribution in [1.82, 2.24) is 20.2 Å². The Morgan fingerprint density at radius 1 is 1.27 bits per heavy atom. The normalized spacial score (nSPS) is 13.0. The molecule has 0 unspecified atom stereocenters. The third-order valence-corrected chi connectivity index (χ3v) is 4.54. The molecule has 4 rings (SSSR count). The molecule has 0 bridgehead atoms. The van der Waals surface area contributed by atoms with Crippen molar-refractivity contribution < 1.29 is 9.47 Å². The van der Waals surface area contributed by atoms with Crippen LogP contribution in [0, 0.1) is 0 Å². The van der Waals surface area contributed by atoms with Gasteiger partial charge in [-0.3, -0.25) is 4.98 Å². The zero-order valence-corrected chi connectivity index (χ0v) is 14.8. The number of H-pyrrole nitrogens is 1. The van der Waals surface area contributed by atoms with Crippen molar-refractivity contribution in [2.45, 2.75) is 17.8 Å². The second-order valence-corrected chi connectivity index (χ2v) is 6.40. The van der Waals surface area contributed by atoms with Crippen molar-refractivity contribution in [3.05, 3.63) is 53.9 Å². The van der Waals surface area contributed by atoms with E-state index in [0.29, 0.717) is 16.9 Å². The summed E-state index contributed by atoms with van der Waals surface area (Å²) in [6.07, 6.45) is 1.77. The molecular weight excluding hydrogens is 352 g/mol. The number of hydrogen-bond donors (Lipinski definition) is 2. The van der Waals surface area contributed by atoms with Crippen molar-refractivity contribution in [1.29, 1.82) is 0 Å². The lowest BCUT2D eigenvalue weighted by atomic mass is 10.1. The number of thioether (sulfide) groups is 1. The Morgan fingerprint density at radius 3 is 3.08 bits per heavy atom. The van der Waals surface area contributed by atoms with E-state index in [9.17, 15) is 0 Å². The van der Waals surface area contributed by atoms with Crippen molar-refractivity contribution in [3.8, 4) is 11.5 Å². The fraction of sp³-hybridized carbons (Fsp3) is 0.176. The molecule has 0 fully saturated rings. The first-order valence-corrected chi connectivity index (χ1v) is 8.92. The zero-order valence-electron chi connectivity index (χ0n) is 14.0. The number of aromatic amines is 1. The third kappa shape index (κ3) is 3.77. The molecule has 0 atom stereocenters. The molecule has 0 amide bonds. The molecule has 2 aromatic heterocycles. The predicted octanol–water partition coefficient (Wildman–Crippen LogP) is 3.06. The van der Waals surface area contributed by atoms with Gasteiger partial charge in [0.05, 0.1) is 11.4 Å². The summed E-state index contributed by atoms with van der Waals surface area (Å²) in [6, 6.07) is 11.5. The van der Waals surface area contributed by atoms with Crippen LogP contribution in [0.2, 0.25) is 0 Å². The van der Waals surface area contributed by atoms with Gasteiger partial charge in [0.2, 0.25) is 17.9 Å². The maximum atomic E-state index is 5.38. The van der Waals surface area contributed by atoms with Crippen LogP contribution in [-0.2, 0) is 5.75 Å². The van der Waals surface area contributed by atoms with Crippen LogP contribution in [0.3, 0.4) is 0 Å². The predicted molar refractivity (Wildman–Crippen MR) is 98.6 cm³/mol. The van der Waals surface area contributed by atoms with Gasteiger partial charge in [-0.15, -0.1) is 5.10 Å². The summed E-state index contributed by atoms with van der Waals surface area (Å²) in [7, 11) is 0. The lowest BCUT2D eigenvalue weighted by Gasteiger charge is -2.03. The summed E-state index contributed by atoms with van der Waals surface area (Å²) < 4.78 is 10.7. The van der Waals surface area contributed by atoms with E-state index in [-0.39, 0.29) is 6.79 Å². The van der Waals surface area contributed by atoms with E-state index in [1.807, 2.05) is 43.3 Å². The largest absolute Gasteiger partial charge is 0.454 e. The van der Waals surface area contributed by atoms with Crippen LogP contribution in [0.1, 0.15) is 18.2 Å². The molecule has 1 aliphatic rings. The first-order chi connectivity index (χ1) is 12.8. The van der Waals surface area contributed by atoms with Crippen molar-refractivity contribution in [3.63, 3.8) is 0 Å². The highest BCUT2D eigenvalue weighted by atomic mass is 32.2. The Morgan fingerprint density at radius 2 is 2.19 bits per heavy atom. The maximum Gasteiger partial charge on any atom is 0.240 e. The average Bonchev–Trinajstić information content (AvgIpc) is 3.33. The molecule has 2 N–H and O–H groups in total. The van der Waals surface area contributed by atoms with Gasteiger partial charge < -0.3 is 9.47 Å². The summed E-state index contributed by atoms with van der Waals surface area (Å²) in [5.41, 5.74) is 5.60. The minimum absolute atomic E-state index is 0.254. The molecule has 0 saturated heterocycles. The van der Waals surface area contributed by atoms with Gasteiger partial charge in [0.25, 0.3) is 0 Å². The van der Waals surface area contributed by atoms with Gasteiger partial charge in [-0.1, -0.05) is 17.8 Å². The molecule has 26 heavy (non-hydrogen) atoms. The minimum atomic E-state index is 0.254. The number of ether oxygens (including phenoxy) is 2. The molecule has 8 nitrogen and oxygen atoms in total. The number of pyridine rings is 1. The topological polar surface area (TPSA) is 97.3 Å². The fourth-order valence-electron chi connectivity index (χ4n) is 2.31. The molecule has 0 aliphatic carbocycles. The van der Waals surface area contributed by atoms with E-state index in [1.54, 1.807) is 6.20 Å². The van der Waals surface area contributed by atoms with Gasteiger partial charge in [-0.25, -0.2) is 10.5 Å². The van der Waals surface area contributed by atoms with Gasteiger partial charge in [0, 0.05) is 17.5 Å². The van der Waals surface area contributed by atoms with E-state index >= 15 is 0 Å². The van der Waals surface area contributed by atoms with E-state index in [1.165, 1.54) is 11.8 Å². The zero-order chi connectivity index (χ0) is 17.8. The van der Waals surface area contributed by atoms with Crippen LogP contribution < -0.4 is 14.9 Å². The first-order valence-electron chi connectivity index (χ1n) is 7.93. The Bertz CT molecular complexity index is 928. The van der Waals surface area contributed by atoms with Crippen LogP contribution in [0.5, 0.6) is 11.5 Å². The Balaban J connectivity index is 1.37. The molecule has 132 valence electrons. The number of nitrogens with one attached hydrogen (secondary N) is 2. The highest BCUT2D eigenvalue weighted by molar-refractivity contribution is 7.98. The second kappa shape index (κ2) is 7.44.